The first-order valence-electron chi connectivity index (χ1n) is 6.52. The molecular weight excluding hydrogens is 294 g/mol. The molecule has 0 amide bonds. The van der Waals surface area contributed by atoms with Crippen molar-refractivity contribution < 1.29 is 14.3 Å². The summed E-state index contributed by atoms with van der Waals surface area (Å²) in [6.45, 7) is 3.52. The largest absolute Gasteiger partial charge is 0.464 e. The summed E-state index contributed by atoms with van der Waals surface area (Å²) in [4.78, 5) is 11.8. The van der Waals surface area contributed by atoms with Crippen LogP contribution in [0.2, 0.25) is 5.02 Å². The topological polar surface area (TPSA) is 66.2 Å². The molecule has 0 bridgehead atoms. The van der Waals surface area contributed by atoms with Crippen LogP contribution in [0.1, 0.15) is 17.4 Å². The number of hydrogen-bond acceptors (Lipinski definition) is 5. The first-order valence-corrected chi connectivity index (χ1v) is 6.90. The molecule has 0 aliphatic carbocycles. The lowest BCUT2D eigenvalue weighted by Crippen LogP contribution is -2.10. The molecule has 0 radical (unpaired) electrons. The number of carbonyl (C=O) groups excluding carboxylic acids is 1. The minimum Gasteiger partial charge on any atom is -0.464 e. The Labute approximate surface area is 127 Å². The molecule has 6 nitrogen and oxygen atoms in total. The summed E-state index contributed by atoms with van der Waals surface area (Å²) >= 11 is 5.90. The molecule has 0 saturated heterocycles. The second-order valence-electron chi connectivity index (χ2n) is 4.21. The van der Waals surface area contributed by atoms with Gasteiger partial charge in [0.25, 0.3) is 0 Å². The number of esters is 1. The predicted molar refractivity (Wildman–Crippen MR) is 78.3 cm³/mol. The van der Waals surface area contributed by atoms with E-state index >= 15 is 0 Å². The Morgan fingerprint density at radius 3 is 2.67 bits per heavy atom. The molecule has 112 valence electrons. The number of rotatable bonds is 6. The van der Waals surface area contributed by atoms with Gasteiger partial charge in [0.2, 0.25) is 0 Å². The van der Waals surface area contributed by atoms with E-state index in [2.05, 4.69) is 10.3 Å². The van der Waals surface area contributed by atoms with Crippen LogP contribution in [0, 0.1) is 0 Å². The summed E-state index contributed by atoms with van der Waals surface area (Å²) in [5.74, 6) is -0.525. The molecule has 1 heterocycles. The minimum atomic E-state index is -0.525. The Bertz CT molecular complexity index is 610. The standard InChI is InChI=1S/C14H16ClN3O3/c1-3-21-9-8-18-13(10-4-6-11(15)7-5-10)12(16-17-18)14(19)20-2/h4-7H,3,8-9H2,1-2H3. The van der Waals surface area contributed by atoms with Crippen LogP contribution < -0.4 is 0 Å². The number of hydrogen-bond donors (Lipinski definition) is 0. The molecule has 0 atom stereocenters. The maximum absolute atomic E-state index is 11.8. The molecule has 21 heavy (non-hydrogen) atoms. The normalized spacial score (nSPS) is 10.6. The Kier molecular flexibility index (Phi) is 5.30. The van der Waals surface area contributed by atoms with Gasteiger partial charge < -0.3 is 9.47 Å². The van der Waals surface area contributed by atoms with Crippen molar-refractivity contribution in [3.8, 4) is 11.3 Å². The second kappa shape index (κ2) is 7.19. The molecule has 1 aromatic carbocycles. The van der Waals surface area contributed by atoms with Gasteiger partial charge in [-0.05, 0) is 19.1 Å². The predicted octanol–water partition coefficient (Wildman–Crippen LogP) is 2.42. The van der Waals surface area contributed by atoms with E-state index < -0.39 is 5.97 Å². The van der Waals surface area contributed by atoms with Gasteiger partial charge in [0.15, 0.2) is 5.69 Å². The first-order chi connectivity index (χ1) is 10.2. The number of halogens is 1. The van der Waals surface area contributed by atoms with Crippen LogP contribution in [-0.2, 0) is 16.0 Å². The number of carbonyl (C=O) groups is 1. The zero-order chi connectivity index (χ0) is 15.2. The van der Waals surface area contributed by atoms with Crippen LogP contribution in [0.15, 0.2) is 24.3 Å². The van der Waals surface area contributed by atoms with Crippen LogP contribution in [0.25, 0.3) is 11.3 Å². The van der Waals surface area contributed by atoms with Crippen molar-refractivity contribution in [3.05, 3.63) is 35.0 Å². The van der Waals surface area contributed by atoms with E-state index in [4.69, 9.17) is 21.1 Å². The average molecular weight is 310 g/mol. The maximum Gasteiger partial charge on any atom is 0.360 e. The highest BCUT2D eigenvalue weighted by atomic mass is 35.5. The molecule has 2 aromatic rings. The summed E-state index contributed by atoms with van der Waals surface area (Å²) in [5, 5.41) is 8.54. The van der Waals surface area contributed by atoms with E-state index in [1.807, 2.05) is 19.1 Å². The van der Waals surface area contributed by atoms with Crippen molar-refractivity contribution in [3.63, 3.8) is 0 Å². The highest BCUT2D eigenvalue weighted by Crippen LogP contribution is 2.24. The molecule has 0 N–H and O–H groups in total. The number of methoxy groups -OCH3 is 1. The van der Waals surface area contributed by atoms with Crippen LogP contribution in [0.4, 0.5) is 0 Å². The fourth-order valence-corrected chi connectivity index (χ4v) is 2.02. The smallest absolute Gasteiger partial charge is 0.360 e. The van der Waals surface area contributed by atoms with Crippen LogP contribution in [-0.4, -0.2) is 41.3 Å². The van der Waals surface area contributed by atoms with E-state index in [1.165, 1.54) is 7.11 Å². The van der Waals surface area contributed by atoms with Crippen molar-refractivity contribution in [2.45, 2.75) is 13.5 Å². The number of benzene rings is 1. The van der Waals surface area contributed by atoms with E-state index in [9.17, 15) is 4.79 Å². The van der Waals surface area contributed by atoms with Gasteiger partial charge in [0, 0.05) is 17.2 Å². The number of nitrogens with zero attached hydrogens (tertiary/aromatic N) is 3. The van der Waals surface area contributed by atoms with E-state index in [-0.39, 0.29) is 5.69 Å². The highest BCUT2D eigenvalue weighted by molar-refractivity contribution is 6.30. The molecule has 0 aliphatic heterocycles. The third-order valence-corrected chi connectivity index (χ3v) is 3.14. The fraction of sp³-hybridized carbons (Fsp3) is 0.357. The van der Waals surface area contributed by atoms with E-state index in [1.54, 1.807) is 16.8 Å². The van der Waals surface area contributed by atoms with Crippen molar-refractivity contribution in [2.24, 2.45) is 0 Å². The third kappa shape index (κ3) is 3.59. The monoisotopic (exact) mass is 309 g/mol. The quantitative estimate of drug-likeness (QED) is 0.605. The highest BCUT2D eigenvalue weighted by Gasteiger charge is 2.21. The molecular formula is C14H16ClN3O3. The van der Waals surface area contributed by atoms with Crippen LogP contribution in [0.3, 0.4) is 0 Å². The van der Waals surface area contributed by atoms with Crippen molar-refractivity contribution in [1.29, 1.82) is 0 Å². The van der Waals surface area contributed by atoms with Crippen molar-refractivity contribution in [2.75, 3.05) is 20.3 Å². The average Bonchev–Trinajstić information content (AvgIpc) is 2.91. The summed E-state index contributed by atoms with van der Waals surface area (Å²) in [5.41, 5.74) is 1.57. The summed E-state index contributed by atoms with van der Waals surface area (Å²) in [6, 6.07) is 7.12. The van der Waals surface area contributed by atoms with Gasteiger partial charge >= 0.3 is 5.97 Å². The van der Waals surface area contributed by atoms with Gasteiger partial charge in [0.05, 0.1) is 20.3 Å². The van der Waals surface area contributed by atoms with Gasteiger partial charge in [-0.25, -0.2) is 9.48 Å². The molecule has 7 heteroatoms. The maximum atomic E-state index is 11.8. The van der Waals surface area contributed by atoms with Gasteiger partial charge in [-0.15, -0.1) is 5.10 Å². The molecule has 0 saturated carbocycles. The fourth-order valence-electron chi connectivity index (χ4n) is 1.89. The van der Waals surface area contributed by atoms with Gasteiger partial charge in [0.1, 0.15) is 5.69 Å². The summed E-state index contributed by atoms with van der Waals surface area (Å²) in [7, 11) is 1.31. The lowest BCUT2D eigenvalue weighted by atomic mass is 10.1. The molecule has 0 unspecified atom stereocenters. The van der Waals surface area contributed by atoms with Crippen LogP contribution in [0.5, 0.6) is 0 Å². The molecule has 0 aliphatic rings. The molecule has 0 spiro atoms. The van der Waals surface area contributed by atoms with Gasteiger partial charge in [-0.1, -0.05) is 28.9 Å². The van der Waals surface area contributed by atoms with E-state index in [0.717, 1.165) is 5.56 Å². The van der Waals surface area contributed by atoms with Gasteiger partial charge in [-0.2, -0.15) is 0 Å². The second-order valence-corrected chi connectivity index (χ2v) is 4.64. The van der Waals surface area contributed by atoms with Crippen molar-refractivity contribution in [1.82, 2.24) is 15.0 Å². The molecule has 0 fully saturated rings. The lowest BCUT2D eigenvalue weighted by Gasteiger charge is -2.08. The number of ether oxygens (including phenoxy) is 2. The number of aromatic nitrogens is 3. The van der Waals surface area contributed by atoms with Gasteiger partial charge in [-0.3, -0.25) is 0 Å². The zero-order valence-electron chi connectivity index (χ0n) is 11.9. The van der Waals surface area contributed by atoms with E-state index in [0.29, 0.717) is 30.5 Å². The zero-order valence-corrected chi connectivity index (χ0v) is 12.6. The SMILES string of the molecule is CCOCCn1nnc(C(=O)OC)c1-c1ccc(Cl)cc1. The third-order valence-electron chi connectivity index (χ3n) is 2.88. The summed E-state index contributed by atoms with van der Waals surface area (Å²) in [6.07, 6.45) is 0. The Morgan fingerprint density at radius 2 is 2.05 bits per heavy atom. The first kappa shape index (κ1) is 15.5. The Hall–Kier alpha value is -1.92. The lowest BCUT2D eigenvalue weighted by molar-refractivity contribution is 0.0594. The minimum absolute atomic E-state index is 0.177. The molecule has 1 aromatic heterocycles. The Balaban J connectivity index is 2.40. The van der Waals surface area contributed by atoms with Crippen molar-refractivity contribution >= 4 is 17.6 Å². The summed E-state index contributed by atoms with van der Waals surface area (Å²) < 4.78 is 11.7. The Morgan fingerprint density at radius 1 is 1.33 bits per heavy atom. The molecule has 2 rings (SSSR count). The van der Waals surface area contributed by atoms with Crippen LogP contribution >= 0.6 is 11.6 Å².